The highest BCUT2D eigenvalue weighted by Gasteiger charge is 2.54. The van der Waals surface area contributed by atoms with Crippen LogP contribution in [0, 0.1) is 0 Å². The molecule has 3 N–H and O–H groups in total. The smallest absolute Gasteiger partial charge is 0.397 e. The van der Waals surface area contributed by atoms with Gasteiger partial charge in [-0.3, -0.25) is 13.9 Å². The SMILES string of the molecule is CCCCCCCCCCCCCCCCCCCCCCCC(=O)N[C@@H](CO[C@@H]1O[C@H](COS(=O)(=O)O)[C@H](OS(=O)(=O)O)[C@H](OC(=O)c2ccccc2)[C@H]1OC(=O)c1ccccc1)[C@@H](CCCCCCCCCCCCCCC)OC(=O)c1ccccc1. The van der Waals surface area contributed by atoms with E-state index in [2.05, 4.69) is 23.3 Å². The molecule has 0 aliphatic carbocycles. The van der Waals surface area contributed by atoms with Gasteiger partial charge >= 0.3 is 38.7 Å². The Balaban J connectivity index is 1.52. The van der Waals surface area contributed by atoms with E-state index in [-0.39, 0.29) is 35.4 Å². The number of amides is 1. The van der Waals surface area contributed by atoms with Crippen LogP contribution < -0.4 is 5.32 Å². The highest BCUT2D eigenvalue weighted by Crippen LogP contribution is 2.33. The molecule has 1 heterocycles. The lowest BCUT2D eigenvalue weighted by Crippen LogP contribution is -2.63. The van der Waals surface area contributed by atoms with Gasteiger partial charge in [-0.2, -0.15) is 16.8 Å². The number of nitrogens with one attached hydrogen (secondary N) is 1. The number of ether oxygens (including phenoxy) is 5. The van der Waals surface area contributed by atoms with Crippen LogP contribution in [0.25, 0.3) is 0 Å². The summed E-state index contributed by atoms with van der Waals surface area (Å²) in [4.78, 5) is 56.1. The number of rotatable bonds is 52. The van der Waals surface area contributed by atoms with Crippen molar-refractivity contribution in [2.24, 2.45) is 0 Å². The second-order valence-electron chi connectivity index (χ2n) is 23.9. The summed E-state index contributed by atoms with van der Waals surface area (Å²) < 4.78 is 109. The van der Waals surface area contributed by atoms with E-state index in [1.54, 1.807) is 54.6 Å². The Hall–Kier alpha value is -4.80. The van der Waals surface area contributed by atoms with Crippen molar-refractivity contribution in [3.63, 3.8) is 0 Å². The Morgan fingerprint density at radius 1 is 0.461 bits per heavy atom. The maximum atomic E-state index is 14.2. The number of unbranched alkanes of at least 4 members (excludes halogenated alkanes) is 32. The Morgan fingerprint density at radius 3 is 1.20 bits per heavy atom. The molecule has 89 heavy (non-hydrogen) atoms. The molecule has 1 saturated heterocycles. The highest BCUT2D eigenvalue weighted by atomic mass is 32.3. The first-order valence-corrected chi connectivity index (χ1v) is 36.4. The number of hydrogen-bond donors (Lipinski definition) is 3. The maximum absolute atomic E-state index is 14.2. The van der Waals surface area contributed by atoms with Gasteiger partial charge in [0.05, 0.1) is 35.9 Å². The lowest BCUT2D eigenvalue weighted by molar-refractivity contribution is -0.296. The minimum absolute atomic E-state index is 0.0143. The molecule has 0 saturated carbocycles. The molecule has 1 amide bonds. The summed E-state index contributed by atoms with van der Waals surface area (Å²) in [5.41, 5.74) is 0.182. The molecular formula is C69H107NO17S2. The van der Waals surface area contributed by atoms with E-state index in [9.17, 15) is 45.1 Å². The third-order valence-electron chi connectivity index (χ3n) is 16.3. The predicted molar refractivity (Wildman–Crippen MR) is 345 cm³/mol. The Labute approximate surface area is 533 Å². The van der Waals surface area contributed by atoms with Gasteiger partial charge in [0, 0.05) is 6.42 Å². The molecule has 3 aromatic carbocycles. The van der Waals surface area contributed by atoms with E-state index >= 15 is 0 Å². The van der Waals surface area contributed by atoms with E-state index in [0.717, 1.165) is 57.8 Å². The van der Waals surface area contributed by atoms with Crippen molar-refractivity contribution in [1.82, 2.24) is 5.32 Å². The fraction of sp³-hybridized carbons (Fsp3) is 0.681. The Kier molecular flexibility index (Phi) is 39.9. The molecule has 3 aromatic rings. The molecule has 0 bridgehead atoms. The molecular weight excluding hydrogens is 1180 g/mol. The van der Waals surface area contributed by atoms with Crippen LogP contribution in [-0.4, -0.2) is 106 Å². The third-order valence-corrected chi connectivity index (χ3v) is 17.2. The van der Waals surface area contributed by atoms with Crippen molar-refractivity contribution >= 4 is 44.6 Å². The molecule has 7 atom stereocenters. The summed E-state index contributed by atoms with van der Waals surface area (Å²) >= 11 is 0. The monoisotopic (exact) mass is 1290 g/mol. The number of esters is 3. The first-order chi connectivity index (χ1) is 43.1. The fourth-order valence-corrected chi connectivity index (χ4v) is 12.1. The predicted octanol–water partition coefficient (Wildman–Crippen LogP) is 16.0. The summed E-state index contributed by atoms with van der Waals surface area (Å²) in [7, 11) is -10.8. The molecule has 1 fully saturated rings. The average molecular weight is 1290 g/mol. The molecule has 20 heteroatoms. The summed E-state index contributed by atoms with van der Waals surface area (Å²) in [6, 6.07) is 22.2. The van der Waals surface area contributed by atoms with Crippen LogP contribution in [-0.2, 0) is 57.6 Å². The Bertz CT molecular complexity index is 2580. The zero-order valence-corrected chi connectivity index (χ0v) is 55.0. The second kappa shape index (κ2) is 46.3. The summed E-state index contributed by atoms with van der Waals surface area (Å²) in [6.07, 6.45) is 29.2. The lowest BCUT2D eigenvalue weighted by Gasteiger charge is -2.44. The number of hydrogen-bond acceptors (Lipinski definition) is 15. The maximum Gasteiger partial charge on any atom is 0.397 e. The van der Waals surface area contributed by atoms with Crippen molar-refractivity contribution in [2.45, 2.75) is 288 Å². The van der Waals surface area contributed by atoms with Crippen molar-refractivity contribution in [2.75, 3.05) is 13.2 Å². The van der Waals surface area contributed by atoms with Gasteiger partial charge in [-0.15, -0.1) is 0 Å². The zero-order valence-electron chi connectivity index (χ0n) is 53.4. The molecule has 502 valence electrons. The van der Waals surface area contributed by atoms with Gasteiger partial charge in [-0.1, -0.05) is 274 Å². The quantitative estimate of drug-likeness (QED) is 0.0205. The van der Waals surface area contributed by atoms with Crippen LogP contribution in [0.2, 0.25) is 0 Å². The van der Waals surface area contributed by atoms with Gasteiger partial charge in [0.1, 0.15) is 18.3 Å². The van der Waals surface area contributed by atoms with E-state index < -0.39 is 94.8 Å². The first-order valence-electron chi connectivity index (χ1n) is 33.7. The highest BCUT2D eigenvalue weighted by molar-refractivity contribution is 7.81. The van der Waals surface area contributed by atoms with Gasteiger partial charge in [0.15, 0.2) is 18.5 Å². The van der Waals surface area contributed by atoms with Crippen molar-refractivity contribution in [3.8, 4) is 0 Å². The van der Waals surface area contributed by atoms with Gasteiger partial charge in [0.2, 0.25) is 5.91 Å². The number of benzene rings is 3. The molecule has 0 unspecified atom stereocenters. The average Bonchev–Trinajstić information content (AvgIpc) is 1.74. The minimum Gasteiger partial charge on any atom is -0.456 e. The molecule has 18 nitrogen and oxygen atoms in total. The van der Waals surface area contributed by atoms with E-state index in [0.29, 0.717) is 12.8 Å². The van der Waals surface area contributed by atoms with E-state index in [4.69, 9.17) is 27.9 Å². The van der Waals surface area contributed by atoms with Gasteiger partial charge in [0.25, 0.3) is 0 Å². The van der Waals surface area contributed by atoms with Crippen molar-refractivity contribution in [1.29, 1.82) is 0 Å². The second-order valence-corrected chi connectivity index (χ2v) is 26.0. The molecule has 0 aromatic heterocycles. The molecule has 4 rings (SSSR count). The molecule has 1 aliphatic rings. The molecule has 0 radical (unpaired) electrons. The summed E-state index contributed by atoms with van der Waals surface area (Å²) in [6.45, 7) is 2.72. The van der Waals surface area contributed by atoms with Crippen LogP contribution in [0.3, 0.4) is 0 Å². The lowest BCUT2D eigenvalue weighted by atomic mass is 9.98. The van der Waals surface area contributed by atoms with Crippen molar-refractivity contribution < 1.29 is 77.2 Å². The molecule has 0 spiro atoms. The summed E-state index contributed by atoms with van der Waals surface area (Å²) in [5.74, 6) is -3.18. The zero-order chi connectivity index (χ0) is 64.2. The van der Waals surface area contributed by atoms with Crippen LogP contribution in [0.15, 0.2) is 91.0 Å². The fourth-order valence-electron chi connectivity index (χ4n) is 11.3. The Morgan fingerprint density at radius 2 is 0.820 bits per heavy atom. The first kappa shape index (κ1) is 76.7. The van der Waals surface area contributed by atoms with E-state index in [1.165, 1.54) is 184 Å². The summed E-state index contributed by atoms with van der Waals surface area (Å²) in [5, 5.41) is 3.05. The van der Waals surface area contributed by atoms with Crippen molar-refractivity contribution in [3.05, 3.63) is 108 Å². The number of carbonyl (C=O) groups is 4. The van der Waals surface area contributed by atoms with Gasteiger partial charge in [-0.05, 0) is 55.7 Å². The topological polar surface area (TPSA) is 254 Å². The number of carbonyl (C=O) groups excluding carboxylic acids is 4. The molecule has 1 aliphatic heterocycles. The van der Waals surface area contributed by atoms with Crippen LogP contribution in [0.4, 0.5) is 0 Å². The normalized spacial score (nSPS) is 17.6. The van der Waals surface area contributed by atoms with E-state index in [1.807, 2.05) is 0 Å². The van der Waals surface area contributed by atoms with Gasteiger partial charge in [-0.25, -0.2) is 22.7 Å². The van der Waals surface area contributed by atoms with Crippen LogP contribution in [0.5, 0.6) is 0 Å². The van der Waals surface area contributed by atoms with Crippen LogP contribution in [0.1, 0.15) is 276 Å². The van der Waals surface area contributed by atoms with Gasteiger partial charge < -0.3 is 29.0 Å². The standard InChI is InChI=1S/C69H107NO17S2/c1-3-5-7-9-11-13-15-17-18-19-20-21-22-23-24-26-28-30-32-34-45-53-62(71)70-59(60(83-66(72)56-46-38-35-39-47-56)52-44-33-31-29-27-25-16-14-12-10-8-6-4-2)54-81-69-65(86-68(74)58-50-42-37-43-51-58)64(85-67(73)57-48-40-36-41-49-57)63(87-89(78,79)80)61(84-69)55-82-88(75,76)77/h35-43,46-51,59-61,63-65,69H,3-34,44-45,52-55H2,1-2H3,(H,70,71)(H,75,76,77)(H,78,79,80)/t59-,60+,61+,63-,64-,65+,69+/m0/s1. The largest absolute Gasteiger partial charge is 0.456 e. The minimum atomic E-state index is -5.52. The third kappa shape index (κ3) is 35.0. The van der Waals surface area contributed by atoms with Crippen LogP contribution >= 0.6 is 0 Å².